The van der Waals surface area contributed by atoms with Crippen molar-refractivity contribution in [1.82, 2.24) is 5.32 Å². The van der Waals surface area contributed by atoms with Gasteiger partial charge in [0.15, 0.2) is 17.6 Å². The molecule has 0 saturated carbocycles. The third kappa shape index (κ3) is 4.67. The smallest absolute Gasteiger partial charge is 0.261 e. The molecule has 0 aliphatic rings. The van der Waals surface area contributed by atoms with Crippen LogP contribution in [0.3, 0.4) is 0 Å². The fourth-order valence-corrected chi connectivity index (χ4v) is 2.87. The molecule has 0 fully saturated rings. The lowest BCUT2D eigenvalue weighted by Gasteiger charge is -2.23. The van der Waals surface area contributed by atoms with E-state index in [0.717, 1.165) is 11.1 Å². The molecule has 0 saturated heterocycles. The molecule has 0 spiro atoms. The van der Waals surface area contributed by atoms with Crippen molar-refractivity contribution >= 4 is 5.91 Å². The number of benzene rings is 3. The average molecular weight is 361 g/mol. The largest absolute Gasteiger partial charge is 0.493 e. The molecule has 0 aliphatic carbocycles. The Bertz CT molecular complexity index is 826. The Balaban J connectivity index is 1.78. The van der Waals surface area contributed by atoms with Gasteiger partial charge in [0.25, 0.3) is 5.91 Å². The van der Waals surface area contributed by atoms with Crippen LogP contribution in [0.5, 0.6) is 11.5 Å². The Hall–Kier alpha value is -3.27. The fourth-order valence-electron chi connectivity index (χ4n) is 2.87. The van der Waals surface area contributed by atoms with E-state index in [9.17, 15) is 4.79 Å². The molecule has 3 rings (SSSR count). The lowest BCUT2D eigenvalue weighted by Crippen LogP contribution is -2.39. The van der Waals surface area contributed by atoms with Crippen LogP contribution in [0, 0.1) is 0 Å². The summed E-state index contributed by atoms with van der Waals surface area (Å²) in [6.07, 6.45) is -0.670. The van der Waals surface area contributed by atoms with Gasteiger partial charge in [-0.15, -0.1) is 0 Å². The van der Waals surface area contributed by atoms with Gasteiger partial charge in [-0.1, -0.05) is 72.8 Å². The Kier molecular flexibility index (Phi) is 6.10. The van der Waals surface area contributed by atoms with Crippen molar-refractivity contribution in [2.24, 2.45) is 0 Å². The molecule has 0 bridgehead atoms. The van der Waals surface area contributed by atoms with Gasteiger partial charge in [-0.2, -0.15) is 0 Å². The highest BCUT2D eigenvalue weighted by Crippen LogP contribution is 2.27. The average Bonchev–Trinajstić information content (AvgIpc) is 2.73. The van der Waals surface area contributed by atoms with Crippen molar-refractivity contribution in [1.29, 1.82) is 0 Å². The monoisotopic (exact) mass is 361 g/mol. The second-order valence-corrected chi connectivity index (χ2v) is 6.17. The summed E-state index contributed by atoms with van der Waals surface area (Å²) in [5, 5.41) is 3.10. The van der Waals surface area contributed by atoms with Crippen molar-refractivity contribution in [2.75, 3.05) is 7.11 Å². The fraction of sp³-hybridized carbons (Fsp3) is 0.174. The number of methoxy groups -OCH3 is 1. The van der Waals surface area contributed by atoms with Crippen molar-refractivity contribution in [3.8, 4) is 11.5 Å². The van der Waals surface area contributed by atoms with Crippen molar-refractivity contribution < 1.29 is 14.3 Å². The molecule has 3 aromatic rings. The molecule has 1 N–H and O–H groups in total. The Morgan fingerprint density at radius 3 is 1.78 bits per heavy atom. The molecule has 0 heterocycles. The lowest BCUT2D eigenvalue weighted by atomic mass is 9.98. The maximum atomic E-state index is 12.8. The van der Waals surface area contributed by atoms with Crippen LogP contribution >= 0.6 is 0 Å². The Labute approximate surface area is 159 Å². The first-order chi connectivity index (χ1) is 13.2. The van der Waals surface area contributed by atoms with Crippen LogP contribution < -0.4 is 14.8 Å². The number of rotatable bonds is 7. The molecule has 0 radical (unpaired) electrons. The molecular formula is C23H23NO3. The summed E-state index contributed by atoms with van der Waals surface area (Å²) in [4.78, 5) is 12.8. The van der Waals surface area contributed by atoms with E-state index in [1.807, 2.05) is 72.8 Å². The minimum absolute atomic E-state index is 0.196. The van der Waals surface area contributed by atoms with E-state index in [0.29, 0.717) is 11.5 Å². The van der Waals surface area contributed by atoms with E-state index in [2.05, 4.69) is 5.32 Å². The zero-order chi connectivity index (χ0) is 19.1. The van der Waals surface area contributed by atoms with Gasteiger partial charge in [0.05, 0.1) is 13.2 Å². The normalized spacial score (nSPS) is 11.7. The summed E-state index contributed by atoms with van der Waals surface area (Å²) in [5.74, 6) is 0.942. The molecule has 138 valence electrons. The Morgan fingerprint density at radius 2 is 1.26 bits per heavy atom. The van der Waals surface area contributed by atoms with Crippen LogP contribution in [-0.2, 0) is 4.79 Å². The maximum Gasteiger partial charge on any atom is 0.261 e. The van der Waals surface area contributed by atoms with Crippen molar-refractivity contribution in [3.63, 3.8) is 0 Å². The molecule has 3 aromatic carbocycles. The van der Waals surface area contributed by atoms with Gasteiger partial charge in [0.1, 0.15) is 0 Å². The van der Waals surface area contributed by atoms with E-state index in [1.165, 1.54) is 0 Å². The van der Waals surface area contributed by atoms with Gasteiger partial charge in [0.2, 0.25) is 0 Å². The number of hydrogen-bond donors (Lipinski definition) is 1. The third-order valence-corrected chi connectivity index (χ3v) is 4.29. The Morgan fingerprint density at radius 1 is 0.778 bits per heavy atom. The first-order valence-electron chi connectivity index (χ1n) is 8.89. The minimum atomic E-state index is -0.670. The number of para-hydroxylation sites is 2. The van der Waals surface area contributed by atoms with Gasteiger partial charge in [0, 0.05) is 0 Å². The number of nitrogens with one attached hydrogen (secondary N) is 1. The standard InChI is InChI=1S/C23H23NO3/c1-17(27-21-16-10-9-15-20(21)26-2)23(25)24-22(18-11-5-3-6-12-18)19-13-7-4-8-14-19/h3-17,22H,1-2H3,(H,24,25)/t17-/m1/s1. The maximum absolute atomic E-state index is 12.8. The summed E-state index contributed by atoms with van der Waals surface area (Å²) in [6.45, 7) is 1.73. The summed E-state index contributed by atoms with van der Waals surface area (Å²) >= 11 is 0. The molecular weight excluding hydrogens is 338 g/mol. The van der Waals surface area contributed by atoms with Crippen LogP contribution in [0.4, 0.5) is 0 Å². The van der Waals surface area contributed by atoms with E-state index in [4.69, 9.17) is 9.47 Å². The third-order valence-electron chi connectivity index (χ3n) is 4.29. The number of amides is 1. The number of carbonyl (C=O) groups is 1. The van der Waals surface area contributed by atoms with E-state index < -0.39 is 6.10 Å². The van der Waals surface area contributed by atoms with Crippen LogP contribution in [0.15, 0.2) is 84.9 Å². The quantitative estimate of drug-likeness (QED) is 0.680. The van der Waals surface area contributed by atoms with Gasteiger partial charge in [-0.3, -0.25) is 4.79 Å². The highest BCUT2D eigenvalue weighted by Gasteiger charge is 2.22. The summed E-state index contributed by atoms with van der Waals surface area (Å²) in [5.41, 5.74) is 2.03. The van der Waals surface area contributed by atoms with E-state index in [-0.39, 0.29) is 11.9 Å². The number of hydrogen-bond acceptors (Lipinski definition) is 3. The molecule has 1 amide bonds. The zero-order valence-corrected chi connectivity index (χ0v) is 15.5. The lowest BCUT2D eigenvalue weighted by molar-refractivity contribution is -0.127. The predicted molar refractivity (Wildman–Crippen MR) is 106 cm³/mol. The number of ether oxygens (including phenoxy) is 2. The molecule has 4 heteroatoms. The zero-order valence-electron chi connectivity index (χ0n) is 15.5. The van der Waals surface area contributed by atoms with E-state index >= 15 is 0 Å². The SMILES string of the molecule is COc1ccccc1O[C@H](C)C(=O)NC(c1ccccc1)c1ccccc1. The molecule has 0 aliphatic heterocycles. The molecule has 27 heavy (non-hydrogen) atoms. The first-order valence-corrected chi connectivity index (χ1v) is 8.89. The second-order valence-electron chi connectivity index (χ2n) is 6.17. The van der Waals surface area contributed by atoms with Gasteiger partial charge >= 0.3 is 0 Å². The first kappa shape index (κ1) is 18.5. The van der Waals surface area contributed by atoms with Crippen molar-refractivity contribution in [3.05, 3.63) is 96.1 Å². The molecule has 0 aromatic heterocycles. The van der Waals surface area contributed by atoms with Crippen molar-refractivity contribution in [2.45, 2.75) is 19.1 Å². The van der Waals surface area contributed by atoms with Crippen LogP contribution in [-0.4, -0.2) is 19.1 Å². The highest BCUT2D eigenvalue weighted by molar-refractivity contribution is 5.81. The minimum Gasteiger partial charge on any atom is -0.493 e. The predicted octanol–water partition coefficient (Wildman–Crippen LogP) is 4.37. The second kappa shape index (κ2) is 8.90. The summed E-state index contributed by atoms with van der Waals surface area (Å²) < 4.78 is 11.1. The van der Waals surface area contributed by atoms with Crippen LogP contribution in [0.1, 0.15) is 24.1 Å². The van der Waals surface area contributed by atoms with Gasteiger partial charge in [-0.05, 0) is 30.2 Å². The summed E-state index contributed by atoms with van der Waals surface area (Å²) in [7, 11) is 1.58. The molecule has 4 nitrogen and oxygen atoms in total. The molecule has 0 unspecified atom stereocenters. The summed E-state index contributed by atoms with van der Waals surface area (Å²) in [6, 6.07) is 26.8. The van der Waals surface area contributed by atoms with Crippen LogP contribution in [0.25, 0.3) is 0 Å². The topological polar surface area (TPSA) is 47.6 Å². The number of carbonyl (C=O) groups excluding carboxylic acids is 1. The van der Waals surface area contributed by atoms with Gasteiger partial charge in [-0.25, -0.2) is 0 Å². The van der Waals surface area contributed by atoms with Crippen LogP contribution in [0.2, 0.25) is 0 Å². The molecule has 1 atom stereocenters. The van der Waals surface area contributed by atoms with Gasteiger partial charge < -0.3 is 14.8 Å². The highest BCUT2D eigenvalue weighted by atomic mass is 16.5. The van der Waals surface area contributed by atoms with E-state index in [1.54, 1.807) is 26.2 Å².